The highest BCUT2D eigenvalue weighted by atomic mass is 15.2. The minimum absolute atomic E-state index is 0.00758. The lowest BCUT2D eigenvalue weighted by Gasteiger charge is -2.40. The standard InChI is InChI=1S/C60H38BN3/c1-4-17-39(18-5-1)42-23-14-25-45(35-42)62-54-31-16-32-55-58(54)61(50-34-33-44(37-56(50)62)41-21-8-3-9-22-41)51-38-49-47-27-10-12-29-52(47)63(46-26-15-24-43(36-46)40-19-6-2-7-20-40)59(49)57-48-28-11-13-30-53(48)64(55)60(51)57/h1-38H. The molecule has 0 N–H and O–H groups in total. The number of benzene rings is 10. The number of hydrogen-bond donors (Lipinski definition) is 0. The Balaban J connectivity index is 1.10. The summed E-state index contributed by atoms with van der Waals surface area (Å²) in [5, 5.41) is 5.08. The molecule has 3 nitrogen and oxygen atoms in total. The van der Waals surface area contributed by atoms with Crippen LogP contribution in [0.15, 0.2) is 231 Å². The number of nitrogens with zero attached hydrogens (tertiary/aromatic N) is 3. The zero-order chi connectivity index (χ0) is 41.9. The van der Waals surface area contributed by atoms with Crippen LogP contribution in [-0.2, 0) is 0 Å². The topological polar surface area (TPSA) is 13.1 Å². The molecule has 0 radical (unpaired) electrons. The quantitative estimate of drug-likeness (QED) is 0.158. The summed E-state index contributed by atoms with van der Waals surface area (Å²) in [4.78, 5) is 2.53. The number of aromatic nitrogens is 2. The van der Waals surface area contributed by atoms with Gasteiger partial charge >= 0.3 is 0 Å². The van der Waals surface area contributed by atoms with Crippen molar-refractivity contribution < 1.29 is 0 Å². The fraction of sp³-hybridized carbons (Fsp3) is 0. The Morgan fingerprint density at radius 3 is 1.52 bits per heavy atom. The van der Waals surface area contributed by atoms with Crippen LogP contribution in [0.1, 0.15) is 0 Å². The molecule has 12 aromatic rings. The summed E-state index contributed by atoms with van der Waals surface area (Å²) in [7, 11) is 0. The molecule has 2 aromatic heterocycles. The average molecular weight is 812 g/mol. The van der Waals surface area contributed by atoms with Gasteiger partial charge in [0.15, 0.2) is 0 Å². The van der Waals surface area contributed by atoms with Crippen LogP contribution < -0.4 is 21.3 Å². The number of anilines is 3. The zero-order valence-electron chi connectivity index (χ0n) is 34.9. The third-order valence-electron chi connectivity index (χ3n) is 13.9. The summed E-state index contributed by atoms with van der Waals surface area (Å²) >= 11 is 0. The van der Waals surface area contributed by atoms with Gasteiger partial charge in [0, 0.05) is 50.0 Å². The molecule has 64 heavy (non-hydrogen) atoms. The first-order chi connectivity index (χ1) is 31.8. The van der Waals surface area contributed by atoms with Crippen LogP contribution in [0.2, 0.25) is 0 Å². The normalized spacial score (nSPS) is 12.6. The Hall–Kier alpha value is -8.34. The third-order valence-corrected chi connectivity index (χ3v) is 13.9. The Morgan fingerprint density at radius 1 is 0.297 bits per heavy atom. The van der Waals surface area contributed by atoms with Crippen LogP contribution >= 0.6 is 0 Å². The van der Waals surface area contributed by atoms with Crippen LogP contribution in [0.5, 0.6) is 0 Å². The number of para-hydroxylation sites is 2. The molecule has 0 aliphatic carbocycles. The lowest BCUT2D eigenvalue weighted by molar-refractivity contribution is 1.17. The van der Waals surface area contributed by atoms with Crippen molar-refractivity contribution >= 4 is 83.8 Å². The highest BCUT2D eigenvalue weighted by Gasteiger charge is 2.43. The van der Waals surface area contributed by atoms with Gasteiger partial charge in [0.1, 0.15) is 0 Å². The summed E-state index contributed by atoms with van der Waals surface area (Å²) in [6, 6.07) is 85.2. The Kier molecular flexibility index (Phi) is 7.49. The van der Waals surface area contributed by atoms with Crippen LogP contribution in [-0.4, -0.2) is 15.8 Å². The minimum Gasteiger partial charge on any atom is -0.311 e. The van der Waals surface area contributed by atoms with Crippen molar-refractivity contribution in [1.82, 2.24) is 9.13 Å². The highest BCUT2D eigenvalue weighted by Crippen LogP contribution is 2.46. The van der Waals surface area contributed by atoms with Gasteiger partial charge in [0.2, 0.25) is 0 Å². The second kappa shape index (κ2) is 13.6. The van der Waals surface area contributed by atoms with E-state index < -0.39 is 0 Å². The van der Waals surface area contributed by atoms with Crippen LogP contribution in [0.3, 0.4) is 0 Å². The fourth-order valence-corrected chi connectivity index (χ4v) is 11.2. The van der Waals surface area contributed by atoms with E-state index in [1.54, 1.807) is 0 Å². The molecule has 10 aromatic carbocycles. The maximum Gasteiger partial charge on any atom is 0.252 e. The van der Waals surface area contributed by atoms with Crippen molar-refractivity contribution in [2.24, 2.45) is 0 Å². The van der Waals surface area contributed by atoms with Gasteiger partial charge in [-0.15, -0.1) is 0 Å². The second-order valence-electron chi connectivity index (χ2n) is 17.2. The predicted octanol–water partition coefficient (Wildman–Crippen LogP) is 13.5. The van der Waals surface area contributed by atoms with Gasteiger partial charge in [-0.1, -0.05) is 176 Å². The van der Waals surface area contributed by atoms with Crippen molar-refractivity contribution in [3.8, 4) is 44.8 Å². The zero-order valence-corrected chi connectivity index (χ0v) is 34.9. The van der Waals surface area contributed by atoms with E-state index in [0.717, 1.165) is 11.4 Å². The molecule has 0 unspecified atom stereocenters. The molecule has 0 spiro atoms. The summed E-state index contributed by atoms with van der Waals surface area (Å²) in [6.07, 6.45) is 0. The van der Waals surface area contributed by atoms with Crippen molar-refractivity contribution in [2.45, 2.75) is 0 Å². The molecule has 4 heterocycles. The lowest BCUT2D eigenvalue weighted by atomic mass is 9.33. The third kappa shape index (κ3) is 4.99. The largest absolute Gasteiger partial charge is 0.311 e. The van der Waals surface area contributed by atoms with E-state index in [1.165, 1.54) is 110 Å². The van der Waals surface area contributed by atoms with Crippen LogP contribution in [0, 0.1) is 0 Å². The number of fused-ring (bicyclic) bond motifs is 11. The van der Waals surface area contributed by atoms with E-state index in [4.69, 9.17) is 0 Å². The van der Waals surface area contributed by atoms with Gasteiger partial charge < -0.3 is 14.0 Å². The molecule has 296 valence electrons. The maximum absolute atomic E-state index is 2.58. The van der Waals surface area contributed by atoms with E-state index in [-0.39, 0.29) is 6.71 Å². The fourth-order valence-electron chi connectivity index (χ4n) is 11.2. The monoisotopic (exact) mass is 811 g/mol. The summed E-state index contributed by atoms with van der Waals surface area (Å²) in [5.41, 5.74) is 22.1. The Morgan fingerprint density at radius 2 is 0.828 bits per heavy atom. The molecular formula is C60H38BN3. The first kappa shape index (κ1) is 35.3. The molecule has 0 fully saturated rings. The molecule has 2 aliphatic heterocycles. The molecule has 2 aliphatic rings. The van der Waals surface area contributed by atoms with Crippen LogP contribution in [0.25, 0.3) is 88.4 Å². The lowest BCUT2D eigenvalue weighted by Crippen LogP contribution is -2.60. The van der Waals surface area contributed by atoms with Gasteiger partial charge in [-0.05, 0) is 104 Å². The number of rotatable bonds is 5. The molecule has 14 rings (SSSR count). The molecule has 0 saturated heterocycles. The van der Waals surface area contributed by atoms with E-state index in [1.807, 2.05) is 0 Å². The molecule has 0 atom stereocenters. The smallest absolute Gasteiger partial charge is 0.252 e. The van der Waals surface area contributed by atoms with E-state index >= 15 is 0 Å². The average Bonchev–Trinajstić information content (AvgIpc) is 3.89. The van der Waals surface area contributed by atoms with Crippen molar-refractivity contribution in [3.63, 3.8) is 0 Å². The Bertz CT molecular complexity index is 3850. The first-order valence-electron chi connectivity index (χ1n) is 22.2. The molecular weight excluding hydrogens is 773 g/mol. The molecule has 0 saturated carbocycles. The van der Waals surface area contributed by atoms with Gasteiger partial charge in [0.25, 0.3) is 6.71 Å². The van der Waals surface area contributed by atoms with Gasteiger partial charge in [-0.2, -0.15) is 0 Å². The summed E-state index contributed by atoms with van der Waals surface area (Å²) < 4.78 is 5.11. The molecule has 4 heteroatoms. The number of hydrogen-bond acceptors (Lipinski definition) is 1. The minimum atomic E-state index is -0.00758. The second-order valence-corrected chi connectivity index (χ2v) is 17.2. The van der Waals surface area contributed by atoms with Crippen molar-refractivity contribution in [2.75, 3.05) is 4.90 Å². The van der Waals surface area contributed by atoms with Crippen molar-refractivity contribution in [1.29, 1.82) is 0 Å². The first-order valence-corrected chi connectivity index (χ1v) is 22.2. The Labute approximate surface area is 371 Å². The van der Waals surface area contributed by atoms with Gasteiger partial charge in [-0.3, -0.25) is 0 Å². The van der Waals surface area contributed by atoms with E-state index in [9.17, 15) is 0 Å². The highest BCUT2D eigenvalue weighted by molar-refractivity contribution is 7.00. The van der Waals surface area contributed by atoms with Gasteiger partial charge in [0.05, 0.1) is 22.1 Å². The summed E-state index contributed by atoms with van der Waals surface area (Å²) in [6.45, 7) is -0.00758. The molecule has 0 amide bonds. The molecule has 0 bridgehead atoms. The van der Waals surface area contributed by atoms with E-state index in [2.05, 4.69) is 245 Å². The van der Waals surface area contributed by atoms with Crippen molar-refractivity contribution in [3.05, 3.63) is 231 Å². The maximum atomic E-state index is 2.58. The van der Waals surface area contributed by atoms with Crippen LogP contribution in [0.4, 0.5) is 17.1 Å². The summed E-state index contributed by atoms with van der Waals surface area (Å²) in [5.74, 6) is 0. The van der Waals surface area contributed by atoms with E-state index in [0.29, 0.717) is 0 Å². The van der Waals surface area contributed by atoms with Gasteiger partial charge in [-0.25, -0.2) is 0 Å². The SMILES string of the molecule is c1ccc(-c2cccc(N3c4cc(-c5ccccc5)ccc4B4c5c3cccc5-n3c5ccccc5c5c3c4cc3c4ccccc4n(-c4cccc(-c6ccccc6)c4)c35)c2)cc1. The predicted molar refractivity (Wildman–Crippen MR) is 271 cm³/mol.